The Morgan fingerprint density at radius 2 is 2.09 bits per heavy atom. The monoisotopic (exact) mass is 310 g/mol. The zero-order valence-electron chi connectivity index (χ0n) is 12.4. The SMILES string of the molecule is O=C(C1CCC(F)(F)CC1)N1CC(COc2cccnc2)C1. The van der Waals surface area contributed by atoms with E-state index in [0.29, 0.717) is 38.5 Å². The summed E-state index contributed by atoms with van der Waals surface area (Å²) < 4.78 is 31.8. The van der Waals surface area contributed by atoms with E-state index in [9.17, 15) is 13.6 Å². The number of rotatable bonds is 4. The van der Waals surface area contributed by atoms with Gasteiger partial charge in [0.05, 0.1) is 12.8 Å². The van der Waals surface area contributed by atoms with Crippen LogP contribution in [-0.4, -0.2) is 41.4 Å². The van der Waals surface area contributed by atoms with E-state index in [1.54, 1.807) is 17.3 Å². The van der Waals surface area contributed by atoms with Gasteiger partial charge in [-0.2, -0.15) is 0 Å². The second-order valence-corrected chi connectivity index (χ2v) is 6.24. The van der Waals surface area contributed by atoms with Crippen LogP contribution in [0.2, 0.25) is 0 Å². The van der Waals surface area contributed by atoms with E-state index in [1.165, 1.54) is 0 Å². The Morgan fingerprint density at radius 1 is 1.36 bits per heavy atom. The summed E-state index contributed by atoms with van der Waals surface area (Å²) in [6, 6.07) is 3.65. The molecular weight excluding hydrogens is 290 g/mol. The maximum absolute atomic E-state index is 13.1. The molecule has 1 aromatic heterocycles. The van der Waals surface area contributed by atoms with Crippen molar-refractivity contribution < 1.29 is 18.3 Å². The predicted molar refractivity (Wildman–Crippen MR) is 76.7 cm³/mol. The van der Waals surface area contributed by atoms with Gasteiger partial charge in [-0.05, 0) is 25.0 Å². The van der Waals surface area contributed by atoms with Crippen molar-refractivity contribution in [2.45, 2.75) is 31.6 Å². The third kappa shape index (κ3) is 3.54. The topological polar surface area (TPSA) is 42.4 Å². The first-order valence-electron chi connectivity index (χ1n) is 7.73. The van der Waals surface area contributed by atoms with Gasteiger partial charge in [0.25, 0.3) is 0 Å². The first-order valence-corrected chi connectivity index (χ1v) is 7.73. The molecule has 0 bridgehead atoms. The van der Waals surface area contributed by atoms with E-state index < -0.39 is 5.92 Å². The Labute approximate surface area is 128 Å². The standard InChI is InChI=1S/C16H20F2N2O2/c17-16(18)5-3-13(4-6-16)15(21)20-9-12(10-20)11-22-14-2-1-7-19-8-14/h1-2,7-8,12-13H,3-6,9-11H2. The van der Waals surface area contributed by atoms with Crippen LogP contribution >= 0.6 is 0 Å². The Hall–Kier alpha value is -1.72. The Balaban J connectivity index is 1.39. The summed E-state index contributed by atoms with van der Waals surface area (Å²) in [5.41, 5.74) is 0. The van der Waals surface area contributed by atoms with Crippen molar-refractivity contribution in [1.82, 2.24) is 9.88 Å². The molecule has 120 valence electrons. The second-order valence-electron chi connectivity index (χ2n) is 6.24. The van der Waals surface area contributed by atoms with E-state index in [0.717, 1.165) is 5.75 Å². The summed E-state index contributed by atoms with van der Waals surface area (Å²) in [4.78, 5) is 18.0. The molecule has 6 heteroatoms. The van der Waals surface area contributed by atoms with Crippen molar-refractivity contribution in [3.05, 3.63) is 24.5 Å². The highest BCUT2D eigenvalue weighted by Crippen LogP contribution is 2.37. The van der Waals surface area contributed by atoms with E-state index >= 15 is 0 Å². The maximum Gasteiger partial charge on any atom is 0.248 e. The highest BCUT2D eigenvalue weighted by atomic mass is 19.3. The molecule has 0 spiro atoms. The van der Waals surface area contributed by atoms with Crippen molar-refractivity contribution in [2.75, 3.05) is 19.7 Å². The molecule has 4 nitrogen and oxygen atoms in total. The van der Waals surface area contributed by atoms with Gasteiger partial charge in [-0.3, -0.25) is 9.78 Å². The Morgan fingerprint density at radius 3 is 2.73 bits per heavy atom. The van der Waals surface area contributed by atoms with Gasteiger partial charge < -0.3 is 9.64 Å². The molecule has 1 aliphatic carbocycles. The molecule has 1 saturated heterocycles. The number of likely N-dealkylation sites (tertiary alicyclic amines) is 1. The summed E-state index contributed by atoms with van der Waals surface area (Å²) in [7, 11) is 0. The minimum Gasteiger partial charge on any atom is -0.492 e. The largest absolute Gasteiger partial charge is 0.492 e. The van der Waals surface area contributed by atoms with Gasteiger partial charge in [0, 0.05) is 44.0 Å². The number of carbonyl (C=O) groups excluding carboxylic acids is 1. The van der Waals surface area contributed by atoms with Crippen LogP contribution in [0.3, 0.4) is 0 Å². The lowest BCUT2D eigenvalue weighted by Gasteiger charge is -2.42. The minimum atomic E-state index is -2.58. The zero-order chi connectivity index (χ0) is 15.6. The summed E-state index contributed by atoms with van der Waals surface area (Å²) in [5.74, 6) is -1.73. The number of aromatic nitrogens is 1. The number of pyridine rings is 1. The van der Waals surface area contributed by atoms with Crippen molar-refractivity contribution in [3.63, 3.8) is 0 Å². The second kappa shape index (κ2) is 6.18. The van der Waals surface area contributed by atoms with Gasteiger partial charge in [-0.15, -0.1) is 0 Å². The lowest BCUT2D eigenvalue weighted by molar-refractivity contribution is -0.146. The first-order chi connectivity index (χ1) is 10.5. The van der Waals surface area contributed by atoms with Gasteiger partial charge in [0.15, 0.2) is 0 Å². The van der Waals surface area contributed by atoms with E-state index in [1.807, 2.05) is 12.1 Å². The van der Waals surface area contributed by atoms with Gasteiger partial charge in [0.2, 0.25) is 11.8 Å². The van der Waals surface area contributed by atoms with Gasteiger partial charge in [-0.25, -0.2) is 8.78 Å². The fraction of sp³-hybridized carbons (Fsp3) is 0.625. The number of nitrogens with zero attached hydrogens (tertiary/aromatic N) is 2. The van der Waals surface area contributed by atoms with E-state index in [-0.39, 0.29) is 24.7 Å². The van der Waals surface area contributed by atoms with Crippen LogP contribution in [0.15, 0.2) is 24.5 Å². The molecule has 2 fully saturated rings. The van der Waals surface area contributed by atoms with Gasteiger partial charge >= 0.3 is 0 Å². The fourth-order valence-electron chi connectivity index (χ4n) is 3.05. The quantitative estimate of drug-likeness (QED) is 0.859. The number of carbonyl (C=O) groups is 1. The smallest absolute Gasteiger partial charge is 0.248 e. The number of halogens is 2. The molecule has 0 N–H and O–H groups in total. The molecule has 1 aliphatic heterocycles. The molecule has 1 saturated carbocycles. The molecule has 2 aliphatic rings. The van der Waals surface area contributed by atoms with Crippen LogP contribution in [0, 0.1) is 11.8 Å². The Kier molecular flexibility index (Phi) is 4.27. The molecular formula is C16H20F2N2O2. The molecule has 0 aromatic carbocycles. The summed E-state index contributed by atoms with van der Waals surface area (Å²) in [6.07, 6.45) is 3.63. The van der Waals surface area contributed by atoms with Gasteiger partial charge in [0.1, 0.15) is 5.75 Å². The summed E-state index contributed by atoms with van der Waals surface area (Å²) in [6.45, 7) is 1.87. The minimum absolute atomic E-state index is 0.0353. The fourth-order valence-corrected chi connectivity index (χ4v) is 3.05. The third-order valence-electron chi connectivity index (χ3n) is 4.46. The summed E-state index contributed by atoms with van der Waals surface area (Å²) >= 11 is 0. The number of alkyl halides is 2. The molecule has 0 unspecified atom stereocenters. The van der Waals surface area contributed by atoms with Crippen LogP contribution in [0.25, 0.3) is 0 Å². The van der Waals surface area contributed by atoms with E-state index in [4.69, 9.17) is 4.74 Å². The van der Waals surface area contributed by atoms with Crippen molar-refractivity contribution in [3.8, 4) is 5.75 Å². The van der Waals surface area contributed by atoms with Crippen LogP contribution in [-0.2, 0) is 4.79 Å². The van der Waals surface area contributed by atoms with Crippen LogP contribution < -0.4 is 4.74 Å². The van der Waals surface area contributed by atoms with Crippen molar-refractivity contribution in [1.29, 1.82) is 0 Å². The van der Waals surface area contributed by atoms with Crippen LogP contribution in [0.4, 0.5) is 8.78 Å². The first kappa shape index (κ1) is 15.2. The molecule has 0 radical (unpaired) electrons. The zero-order valence-corrected chi connectivity index (χ0v) is 12.4. The molecule has 2 heterocycles. The van der Waals surface area contributed by atoms with Crippen molar-refractivity contribution in [2.24, 2.45) is 11.8 Å². The number of hydrogen-bond acceptors (Lipinski definition) is 3. The normalized spacial score (nSPS) is 22.2. The lowest BCUT2D eigenvalue weighted by Crippen LogP contribution is -2.54. The lowest BCUT2D eigenvalue weighted by atomic mass is 9.84. The number of hydrogen-bond donors (Lipinski definition) is 0. The van der Waals surface area contributed by atoms with E-state index in [2.05, 4.69) is 4.98 Å². The average molecular weight is 310 g/mol. The highest BCUT2D eigenvalue weighted by molar-refractivity contribution is 5.79. The third-order valence-corrected chi connectivity index (χ3v) is 4.46. The molecule has 1 amide bonds. The highest BCUT2D eigenvalue weighted by Gasteiger charge is 2.41. The van der Waals surface area contributed by atoms with Crippen LogP contribution in [0.1, 0.15) is 25.7 Å². The molecule has 1 aromatic rings. The number of ether oxygens (including phenoxy) is 1. The molecule has 22 heavy (non-hydrogen) atoms. The Bertz CT molecular complexity index is 508. The average Bonchev–Trinajstić information content (AvgIpc) is 2.46. The maximum atomic E-state index is 13.1. The van der Waals surface area contributed by atoms with Gasteiger partial charge in [-0.1, -0.05) is 0 Å². The predicted octanol–water partition coefficient (Wildman–Crippen LogP) is 2.74. The van der Waals surface area contributed by atoms with Crippen molar-refractivity contribution >= 4 is 5.91 Å². The summed E-state index contributed by atoms with van der Waals surface area (Å²) in [5, 5.41) is 0. The molecule has 0 atom stereocenters. The van der Waals surface area contributed by atoms with Crippen LogP contribution in [0.5, 0.6) is 5.75 Å². The molecule has 3 rings (SSSR count). The number of amides is 1.